The van der Waals surface area contributed by atoms with Gasteiger partial charge in [-0.25, -0.2) is 4.98 Å². The van der Waals surface area contributed by atoms with E-state index in [1.807, 2.05) is 18.5 Å². The zero-order valence-electron chi connectivity index (χ0n) is 19.2. The summed E-state index contributed by atoms with van der Waals surface area (Å²) in [5.41, 5.74) is 19.4. The molecule has 0 N–H and O–H groups in total. The molecule has 4 heterocycles. The van der Waals surface area contributed by atoms with E-state index in [-0.39, 0.29) is 0 Å². The molecule has 5 aromatic rings. The molecule has 3 heteroatoms. The number of fused-ring (bicyclic) bond motifs is 12. The lowest BCUT2D eigenvalue weighted by molar-refractivity contribution is 0.949. The third-order valence-corrected chi connectivity index (χ3v) is 8.37. The van der Waals surface area contributed by atoms with Crippen LogP contribution in [0.2, 0.25) is 0 Å². The highest BCUT2D eigenvalue weighted by molar-refractivity contribution is 6.00. The van der Waals surface area contributed by atoms with Crippen LogP contribution in [-0.4, -0.2) is 9.97 Å². The second-order valence-electron chi connectivity index (χ2n) is 10.2. The topological polar surface area (TPSA) is 29.0 Å². The molecule has 0 fully saturated rings. The first kappa shape index (κ1) is 18.1. The van der Waals surface area contributed by atoms with Crippen molar-refractivity contribution in [2.24, 2.45) is 0 Å². The monoisotopic (exact) mass is 447 g/mol. The fraction of sp³-hybridized carbons (Fsp3) is 0.125. The van der Waals surface area contributed by atoms with E-state index in [0.717, 1.165) is 37.2 Å². The van der Waals surface area contributed by atoms with Gasteiger partial charge in [0.05, 0.1) is 17.1 Å². The number of rotatable bonds is 0. The van der Waals surface area contributed by atoms with Crippen molar-refractivity contribution < 1.29 is 0 Å². The predicted octanol–water partition coefficient (Wildman–Crippen LogP) is 6.90. The third-order valence-electron chi connectivity index (χ3n) is 8.37. The van der Waals surface area contributed by atoms with E-state index in [0.29, 0.717) is 0 Å². The molecule has 3 aromatic carbocycles. The van der Waals surface area contributed by atoms with Gasteiger partial charge in [0.25, 0.3) is 0 Å². The Kier molecular flexibility index (Phi) is 3.24. The molecule has 0 spiro atoms. The van der Waals surface area contributed by atoms with E-state index in [2.05, 4.69) is 65.6 Å². The van der Waals surface area contributed by atoms with Gasteiger partial charge in [-0.15, -0.1) is 0 Å². The van der Waals surface area contributed by atoms with E-state index >= 15 is 0 Å². The van der Waals surface area contributed by atoms with Crippen molar-refractivity contribution in [1.82, 2.24) is 9.97 Å². The highest BCUT2D eigenvalue weighted by Gasteiger charge is 2.38. The predicted molar refractivity (Wildman–Crippen MR) is 139 cm³/mol. The highest BCUT2D eigenvalue weighted by Crippen LogP contribution is 2.57. The zero-order valence-corrected chi connectivity index (χ0v) is 19.2. The van der Waals surface area contributed by atoms with Crippen LogP contribution in [0.1, 0.15) is 44.6 Å². The molecule has 0 saturated heterocycles. The summed E-state index contributed by atoms with van der Waals surface area (Å²) < 4.78 is 0. The van der Waals surface area contributed by atoms with Crippen molar-refractivity contribution in [3.05, 3.63) is 124 Å². The normalized spacial score (nSPS) is 14.9. The molecule has 2 aliphatic carbocycles. The number of anilines is 3. The molecule has 2 aromatic heterocycles. The maximum Gasteiger partial charge on any atom is 0.141 e. The van der Waals surface area contributed by atoms with Gasteiger partial charge in [-0.3, -0.25) is 9.88 Å². The Morgan fingerprint density at radius 3 is 2.31 bits per heavy atom. The minimum Gasteiger partial charge on any atom is -0.292 e. The second-order valence-corrected chi connectivity index (χ2v) is 10.2. The van der Waals surface area contributed by atoms with Crippen LogP contribution in [0, 0.1) is 0 Å². The standard InChI is InChI=1S/C32H21N3/c1-2-7-24-18(5-1)13-19-9-10-20-14-22-16-23-15-21-6-3-12-34-32(21)35-27-8-4-11-33-26(27)17-25(31(23)35)29(22)30(20)28(19)24/h1-12,16H,13-15,17H2. The van der Waals surface area contributed by atoms with Crippen molar-refractivity contribution in [3.8, 4) is 22.3 Å². The average molecular weight is 448 g/mol. The number of hydrogen-bond acceptors (Lipinski definition) is 3. The first-order valence-corrected chi connectivity index (χ1v) is 12.4. The van der Waals surface area contributed by atoms with Crippen LogP contribution in [0.5, 0.6) is 0 Å². The molecule has 164 valence electrons. The molecule has 0 amide bonds. The fourth-order valence-electron chi connectivity index (χ4n) is 7.05. The van der Waals surface area contributed by atoms with Crippen molar-refractivity contribution in [1.29, 1.82) is 0 Å². The number of aromatic nitrogens is 2. The smallest absolute Gasteiger partial charge is 0.141 e. The third kappa shape index (κ3) is 2.21. The molecule has 0 unspecified atom stereocenters. The molecule has 0 saturated carbocycles. The summed E-state index contributed by atoms with van der Waals surface area (Å²) in [4.78, 5) is 12.1. The van der Waals surface area contributed by atoms with Crippen molar-refractivity contribution in [2.75, 3.05) is 4.90 Å². The van der Waals surface area contributed by atoms with Crippen LogP contribution in [0.4, 0.5) is 17.2 Å². The summed E-state index contributed by atoms with van der Waals surface area (Å²) in [6, 6.07) is 24.7. The summed E-state index contributed by atoms with van der Waals surface area (Å²) in [6.45, 7) is 0. The van der Waals surface area contributed by atoms with Crippen molar-refractivity contribution in [2.45, 2.75) is 25.7 Å². The lowest BCUT2D eigenvalue weighted by atomic mass is 9.82. The number of hydrogen-bond donors (Lipinski definition) is 0. The minimum absolute atomic E-state index is 0.866. The maximum absolute atomic E-state index is 4.87. The fourth-order valence-corrected chi connectivity index (χ4v) is 7.05. The Balaban J connectivity index is 1.38. The lowest BCUT2D eigenvalue weighted by Gasteiger charge is -2.39. The van der Waals surface area contributed by atoms with Crippen LogP contribution in [0.25, 0.3) is 22.3 Å². The number of pyridine rings is 2. The second kappa shape index (κ2) is 6.25. The van der Waals surface area contributed by atoms with Gasteiger partial charge in [0.2, 0.25) is 0 Å². The van der Waals surface area contributed by atoms with Crippen LogP contribution in [-0.2, 0) is 25.7 Å². The molecule has 0 bridgehead atoms. The summed E-state index contributed by atoms with van der Waals surface area (Å²) in [5, 5.41) is 0. The van der Waals surface area contributed by atoms with E-state index in [1.165, 1.54) is 72.6 Å². The van der Waals surface area contributed by atoms with E-state index < -0.39 is 0 Å². The lowest BCUT2D eigenvalue weighted by Crippen LogP contribution is -2.26. The van der Waals surface area contributed by atoms with Gasteiger partial charge >= 0.3 is 0 Å². The Hall–Kier alpha value is -4.24. The van der Waals surface area contributed by atoms with Gasteiger partial charge in [-0.2, -0.15) is 0 Å². The van der Waals surface area contributed by atoms with Crippen LogP contribution >= 0.6 is 0 Å². The summed E-state index contributed by atoms with van der Waals surface area (Å²) >= 11 is 0. The molecule has 9 rings (SSSR count). The zero-order chi connectivity index (χ0) is 22.7. The highest BCUT2D eigenvalue weighted by atomic mass is 15.2. The van der Waals surface area contributed by atoms with Crippen molar-refractivity contribution in [3.63, 3.8) is 0 Å². The van der Waals surface area contributed by atoms with Gasteiger partial charge < -0.3 is 0 Å². The first-order chi connectivity index (χ1) is 17.3. The SMILES string of the molecule is c1ccc2c(c1)Cc1ccc3c(c1-2)-c1c(cc2c4c1Cc1ncccc1N4c1ncccc1C2)C3. The van der Waals surface area contributed by atoms with E-state index in [1.54, 1.807) is 0 Å². The molecule has 0 atom stereocenters. The summed E-state index contributed by atoms with van der Waals surface area (Å²) in [7, 11) is 0. The van der Waals surface area contributed by atoms with Crippen LogP contribution in [0.15, 0.2) is 79.1 Å². The van der Waals surface area contributed by atoms with Crippen LogP contribution < -0.4 is 4.90 Å². The summed E-state index contributed by atoms with van der Waals surface area (Å²) in [6.07, 6.45) is 7.69. The molecular formula is C32H21N3. The Morgan fingerprint density at radius 2 is 1.34 bits per heavy atom. The molecular weight excluding hydrogens is 426 g/mol. The molecule has 4 aliphatic rings. The van der Waals surface area contributed by atoms with Gasteiger partial charge in [-0.1, -0.05) is 48.5 Å². The van der Waals surface area contributed by atoms with Gasteiger partial charge in [0.15, 0.2) is 0 Å². The Labute approximate surface area is 203 Å². The maximum atomic E-state index is 4.87. The Morgan fingerprint density at radius 1 is 0.571 bits per heavy atom. The first-order valence-electron chi connectivity index (χ1n) is 12.4. The molecule has 0 radical (unpaired) electrons. The van der Waals surface area contributed by atoms with Gasteiger partial charge in [0, 0.05) is 25.2 Å². The quantitative estimate of drug-likeness (QED) is 0.253. The molecule has 2 aliphatic heterocycles. The number of benzene rings is 3. The van der Waals surface area contributed by atoms with Crippen LogP contribution in [0.3, 0.4) is 0 Å². The summed E-state index contributed by atoms with van der Waals surface area (Å²) in [5.74, 6) is 1.05. The Bertz CT molecular complexity index is 1750. The van der Waals surface area contributed by atoms with Gasteiger partial charge in [0.1, 0.15) is 5.82 Å². The van der Waals surface area contributed by atoms with E-state index in [4.69, 9.17) is 9.97 Å². The van der Waals surface area contributed by atoms with E-state index in [9.17, 15) is 0 Å². The largest absolute Gasteiger partial charge is 0.292 e. The average Bonchev–Trinajstić information content (AvgIpc) is 3.46. The molecule has 3 nitrogen and oxygen atoms in total. The van der Waals surface area contributed by atoms with Crippen molar-refractivity contribution >= 4 is 17.2 Å². The van der Waals surface area contributed by atoms with Gasteiger partial charge in [-0.05, 0) is 92.2 Å². The molecule has 35 heavy (non-hydrogen) atoms. The number of nitrogens with zero attached hydrogens (tertiary/aromatic N) is 3. The minimum atomic E-state index is 0.866.